The smallest absolute Gasteiger partial charge is 0.161 e. The number of hydrogen-bond donors (Lipinski definition) is 2. The predicted molar refractivity (Wildman–Crippen MR) is 76.7 cm³/mol. The Kier molecular flexibility index (Phi) is 5.05. The highest BCUT2D eigenvalue weighted by Crippen LogP contribution is 2.35. The molecule has 0 saturated heterocycles. The van der Waals surface area contributed by atoms with Gasteiger partial charge in [-0.3, -0.25) is 0 Å². The number of fused-ring (bicyclic) bond motifs is 1. The van der Waals surface area contributed by atoms with Crippen LogP contribution in [0.2, 0.25) is 0 Å². The number of rotatable bonds is 6. The van der Waals surface area contributed by atoms with E-state index in [1.54, 1.807) is 0 Å². The fourth-order valence-electron chi connectivity index (χ4n) is 2.54. The third-order valence-corrected chi connectivity index (χ3v) is 3.81. The van der Waals surface area contributed by atoms with Gasteiger partial charge in [0.15, 0.2) is 11.5 Å². The summed E-state index contributed by atoms with van der Waals surface area (Å²) >= 11 is 0. The van der Waals surface area contributed by atoms with E-state index in [2.05, 4.69) is 19.1 Å². The van der Waals surface area contributed by atoms with Gasteiger partial charge in [0.25, 0.3) is 0 Å². The molecule has 0 aliphatic carbocycles. The average Bonchev–Trinajstić information content (AvgIpc) is 2.48. The van der Waals surface area contributed by atoms with Crippen LogP contribution >= 0.6 is 0 Å². The minimum absolute atomic E-state index is 0.387. The third kappa shape index (κ3) is 3.39. The molecule has 4 N–H and O–H groups in total. The Morgan fingerprint density at radius 1 is 1.11 bits per heavy atom. The van der Waals surface area contributed by atoms with Crippen LogP contribution in [0.1, 0.15) is 31.2 Å². The second kappa shape index (κ2) is 6.78. The lowest BCUT2D eigenvalue weighted by Gasteiger charge is -2.24. The quantitative estimate of drug-likeness (QED) is 0.823. The van der Waals surface area contributed by atoms with Crippen molar-refractivity contribution in [2.45, 2.75) is 25.7 Å². The Balaban J connectivity index is 2.14. The van der Waals surface area contributed by atoms with E-state index in [-0.39, 0.29) is 0 Å². The number of hydrogen-bond acceptors (Lipinski definition) is 4. The van der Waals surface area contributed by atoms with E-state index in [1.165, 1.54) is 5.56 Å². The van der Waals surface area contributed by atoms with E-state index < -0.39 is 0 Å². The molecule has 1 aliphatic heterocycles. The maximum absolute atomic E-state index is 5.75. The first-order valence-electron chi connectivity index (χ1n) is 7.08. The van der Waals surface area contributed by atoms with Crippen LogP contribution in [0.15, 0.2) is 18.2 Å². The molecule has 1 atom stereocenters. The molecule has 19 heavy (non-hydrogen) atoms. The number of benzene rings is 1. The molecule has 0 saturated carbocycles. The van der Waals surface area contributed by atoms with Crippen molar-refractivity contribution in [2.24, 2.45) is 17.4 Å². The zero-order valence-corrected chi connectivity index (χ0v) is 11.6. The minimum atomic E-state index is 0.387. The van der Waals surface area contributed by atoms with Crippen LogP contribution in [-0.2, 0) is 0 Å². The predicted octanol–water partition coefficient (Wildman–Crippen LogP) is 1.88. The molecule has 4 nitrogen and oxygen atoms in total. The molecular formula is C15H24N2O2. The Morgan fingerprint density at radius 2 is 1.79 bits per heavy atom. The first-order valence-corrected chi connectivity index (χ1v) is 7.08. The van der Waals surface area contributed by atoms with Crippen molar-refractivity contribution in [1.82, 2.24) is 0 Å². The highest BCUT2D eigenvalue weighted by atomic mass is 16.6. The summed E-state index contributed by atoms with van der Waals surface area (Å²) in [7, 11) is 0. The first-order chi connectivity index (χ1) is 9.28. The van der Waals surface area contributed by atoms with Gasteiger partial charge in [0, 0.05) is 0 Å². The Bertz CT molecular complexity index is 405. The molecule has 1 aromatic rings. The highest BCUT2D eigenvalue weighted by molar-refractivity contribution is 5.44. The van der Waals surface area contributed by atoms with Gasteiger partial charge in [-0.1, -0.05) is 13.0 Å². The highest BCUT2D eigenvalue weighted by Gasteiger charge is 2.18. The first kappa shape index (κ1) is 14.2. The Hall–Kier alpha value is -1.26. The van der Waals surface area contributed by atoms with Crippen molar-refractivity contribution in [1.29, 1.82) is 0 Å². The Morgan fingerprint density at radius 3 is 2.42 bits per heavy atom. The van der Waals surface area contributed by atoms with Gasteiger partial charge in [0.05, 0.1) is 0 Å². The van der Waals surface area contributed by atoms with Gasteiger partial charge in [-0.15, -0.1) is 0 Å². The number of ether oxygens (including phenoxy) is 2. The molecule has 0 spiro atoms. The van der Waals surface area contributed by atoms with E-state index in [1.807, 2.05) is 6.07 Å². The molecule has 106 valence electrons. The topological polar surface area (TPSA) is 70.5 Å². The summed E-state index contributed by atoms with van der Waals surface area (Å²) in [6.07, 6.45) is 2.11. The van der Waals surface area contributed by atoms with E-state index in [4.69, 9.17) is 20.9 Å². The molecule has 0 bridgehead atoms. The number of nitrogens with two attached hydrogens (primary N) is 2. The van der Waals surface area contributed by atoms with Gasteiger partial charge in [-0.25, -0.2) is 0 Å². The van der Waals surface area contributed by atoms with Crippen LogP contribution < -0.4 is 20.9 Å². The molecule has 0 amide bonds. The molecule has 0 radical (unpaired) electrons. The maximum Gasteiger partial charge on any atom is 0.161 e. The standard InChI is InChI=1S/C15H24N2O2/c1-2-12(7-11(9-16)10-17)13-3-4-14-15(8-13)19-6-5-18-14/h3-4,8,11-12H,2,5-7,9-10,16-17H2,1H3. The SMILES string of the molecule is CCC(CC(CN)CN)c1ccc2c(c1)OCCO2. The maximum atomic E-state index is 5.75. The lowest BCUT2D eigenvalue weighted by Crippen LogP contribution is -2.25. The largest absolute Gasteiger partial charge is 0.486 e. The summed E-state index contributed by atoms with van der Waals surface area (Å²) in [5, 5.41) is 0. The van der Waals surface area contributed by atoms with Gasteiger partial charge in [-0.05, 0) is 55.5 Å². The normalized spacial score (nSPS) is 15.6. The van der Waals surface area contributed by atoms with Gasteiger partial charge in [-0.2, -0.15) is 0 Å². The summed E-state index contributed by atoms with van der Waals surface area (Å²) in [6.45, 7) is 4.76. The zero-order chi connectivity index (χ0) is 13.7. The van der Waals surface area contributed by atoms with E-state index in [0.29, 0.717) is 38.1 Å². The average molecular weight is 264 g/mol. The monoisotopic (exact) mass is 264 g/mol. The van der Waals surface area contributed by atoms with Crippen LogP contribution in [0, 0.1) is 5.92 Å². The second-order valence-electron chi connectivity index (χ2n) is 5.08. The van der Waals surface area contributed by atoms with Gasteiger partial charge in [0.1, 0.15) is 13.2 Å². The second-order valence-corrected chi connectivity index (χ2v) is 5.08. The molecule has 0 aromatic heterocycles. The molecule has 2 rings (SSSR count). The van der Waals surface area contributed by atoms with Crippen molar-refractivity contribution < 1.29 is 9.47 Å². The molecule has 1 aromatic carbocycles. The summed E-state index contributed by atoms with van der Waals surface area (Å²) in [4.78, 5) is 0. The van der Waals surface area contributed by atoms with Crippen LogP contribution in [0.4, 0.5) is 0 Å². The fourth-order valence-corrected chi connectivity index (χ4v) is 2.54. The molecule has 0 fully saturated rings. The van der Waals surface area contributed by atoms with Crippen molar-refractivity contribution in [3.63, 3.8) is 0 Å². The molecule has 1 heterocycles. The van der Waals surface area contributed by atoms with E-state index >= 15 is 0 Å². The lowest BCUT2D eigenvalue weighted by atomic mass is 9.86. The molecule has 1 unspecified atom stereocenters. The summed E-state index contributed by atoms with van der Waals surface area (Å²) < 4.78 is 11.2. The summed E-state index contributed by atoms with van der Waals surface area (Å²) in [5.74, 6) is 2.57. The molecular weight excluding hydrogens is 240 g/mol. The summed E-state index contributed by atoms with van der Waals surface area (Å²) in [6, 6.07) is 6.24. The van der Waals surface area contributed by atoms with Crippen molar-refractivity contribution in [3.05, 3.63) is 23.8 Å². The van der Waals surface area contributed by atoms with Crippen molar-refractivity contribution in [3.8, 4) is 11.5 Å². The van der Waals surface area contributed by atoms with Crippen LogP contribution in [-0.4, -0.2) is 26.3 Å². The molecule has 4 heteroatoms. The van der Waals surface area contributed by atoms with Gasteiger partial charge in [0.2, 0.25) is 0 Å². The Labute approximate surface area is 115 Å². The zero-order valence-electron chi connectivity index (χ0n) is 11.6. The third-order valence-electron chi connectivity index (χ3n) is 3.81. The van der Waals surface area contributed by atoms with Crippen LogP contribution in [0.3, 0.4) is 0 Å². The van der Waals surface area contributed by atoms with E-state index in [0.717, 1.165) is 24.3 Å². The minimum Gasteiger partial charge on any atom is -0.486 e. The van der Waals surface area contributed by atoms with Gasteiger partial charge >= 0.3 is 0 Å². The lowest BCUT2D eigenvalue weighted by molar-refractivity contribution is 0.171. The fraction of sp³-hybridized carbons (Fsp3) is 0.600. The van der Waals surface area contributed by atoms with Crippen molar-refractivity contribution in [2.75, 3.05) is 26.3 Å². The summed E-state index contributed by atoms with van der Waals surface area (Å²) in [5.41, 5.74) is 12.8. The van der Waals surface area contributed by atoms with E-state index in [9.17, 15) is 0 Å². The van der Waals surface area contributed by atoms with Gasteiger partial charge < -0.3 is 20.9 Å². The van der Waals surface area contributed by atoms with Crippen LogP contribution in [0.5, 0.6) is 11.5 Å². The van der Waals surface area contributed by atoms with Crippen LogP contribution in [0.25, 0.3) is 0 Å². The molecule has 1 aliphatic rings. The van der Waals surface area contributed by atoms with Crippen molar-refractivity contribution >= 4 is 0 Å².